The van der Waals surface area contributed by atoms with Gasteiger partial charge in [0, 0.05) is 33.9 Å². The van der Waals surface area contributed by atoms with Gasteiger partial charge in [-0.2, -0.15) is 0 Å². The Balaban J connectivity index is 2.63. The van der Waals surface area contributed by atoms with Crippen molar-refractivity contribution in [3.05, 3.63) is 0 Å². The van der Waals surface area contributed by atoms with Crippen molar-refractivity contribution in [2.45, 2.75) is 70.6 Å². The topological polar surface area (TPSA) is 46.2 Å². The number of hydrogen-bond acceptors (Lipinski definition) is 5. The van der Waals surface area contributed by atoms with Gasteiger partial charge in [0.05, 0.1) is 12.7 Å². The van der Waals surface area contributed by atoms with E-state index in [9.17, 15) is 0 Å². The van der Waals surface area contributed by atoms with Crippen LogP contribution in [0.25, 0.3) is 0 Å². The highest BCUT2D eigenvalue weighted by Gasteiger charge is 2.40. The van der Waals surface area contributed by atoms with Crippen molar-refractivity contribution in [1.82, 2.24) is 0 Å². The van der Waals surface area contributed by atoms with Crippen molar-refractivity contribution in [1.29, 1.82) is 0 Å². The normalized spacial score (nSPS) is 29.7. The molecule has 0 aromatic carbocycles. The van der Waals surface area contributed by atoms with Crippen LogP contribution >= 0.6 is 0 Å². The van der Waals surface area contributed by atoms with Crippen LogP contribution in [0.4, 0.5) is 0 Å². The smallest absolute Gasteiger partial charge is 0.160 e. The van der Waals surface area contributed by atoms with E-state index in [4.69, 9.17) is 23.7 Å². The SMILES string of the molecule is CCCCOC1CC(OC)OC(COC)C1OCCCC. The second-order valence-corrected chi connectivity index (χ2v) is 5.48. The predicted octanol–water partition coefficient (Wildman–Crippen LogP) is 2.76. The molecule has 0 amide bonds. The van der Waals surface area contributed by atoms with Gasteiger partial charge in [-0.25, -0.2) is 0 Å². The van der Waals surface area contributed by atoms with Crippen molar-refractivity contribution in [3.8, 4) is 0 Å². The number of methoxy groups -OCH3 is 2. The fraction of sp³-hybridized carbons (Fsp3) is 1.00. The Labute approximate surface area is 129 Å². The maximum atomic E-state index is 6.04. The summed E-state index contributed by atoms with van der Waals surface area (Å²) in [5, 5.41) is 0. The fourth-order valence-electron chi connectivity index (χ4n) is 2.46. The lowest BCUT2D eigenvalue weighted by Crippen LogP contribution is -2.53. The summed E-state index contributed by atoms with van der Waals surface area (Å²) in [5.74, 6) is 0. The summed E-state index contributed by atoms with van der Waals surface area (Å²) in [6.07, 6.45) is 4.59. The number of rotatable bonds is 11. The van der Waals surface area contributed by atoms with E-state index in [0.29, 0.717) is 13.0 Å². The molecule has 0 bridgehead atoms. The number of unbranched alkanes of at least 4 members (excludes halogenated alkanes) is 2. The third-order valence-corrected chi connectivity index (χ3v) is 3.72. The highest BCUT2D eigenvalue weighted by atomic mass is 16.7. The van der Waals surface area contributed by atoms with Crippen molar-refractivity contribution < 1.29 is 23.7 Å². The molecule has 1 heterocycles. The van der Waals surface area contributed by atoms with E-state index < -0.39 is 0 Å². The van der Waals surface area contributed by atoms with E-state index in [1.165, 1.54) is 0 Å². The van der Waals surface area contributed by atoms with Gasteiger partial charge in [0.15, 0.2) is 6.29 Å². The van der Waals surface area contributed by atoms with Crippen LogP contribution in [-0.2, 0) is 23.7 Å². The first-order valence-corrected chi connectivity index (χ1v) is 8.17. The van der Waals surface area contributed by atoms with E-state index in [1.807, 2.05) is 0 Å². The maximum absolute atomic E-state index is 6.04. The quantitative estimate of drug-likeness (QED) is 0.549. The van der Waals surface area contributed by atoms with E-state index in [1.54, 1.807) is 14.2 Å². The standard InChI is InChI=1S/C16H32O5/c1-5-7-9-19-13-11-15(18-4)21-14(12-17-3)16(13)20-10-8-6-2/h13-16H,5-12H2,1-4H3. The van der Waals surface area contributed by atoms with Gasteiger partial charge < -0.3 is 23.7 Å². The summed E-state index contributed by atoms with van der Waals surface area (Å²) in [6.45, 7) is 6.29. The van der Waals surface area contributed by atoms with Crippen molar-refractivity contribution in [3.63, 3.8) is 0 Å². The van der Waals surface area contributed by atoms with E-state index >= 15 is 0 Å². The minimum atomic E-state index is -0.247. The molecule has 4 atom stereocenters. The molecule has 1 aliphatic heterocycles. The molecule has 0 radical (unpaired) electrons. The lowest BCUT2D eigenvalue weighted by atomic mass is 10.0. The zero-order chi connectivity index (χ0) is 15.5. The maximum Gasteiger partial charge on any atom is 0.160 e. The van der Waals surface area contributed by atoms with Gasteiger partial charge in [0.1, 0.15) is 12.2 Å². The van der Waals surface area contributed by atoms with Crippen LogP contribution in [0.2, 0.25) is 0 Å². The average molecular weight is 304 g/mol. The van der Waals surface area contributed by atoms with Crippen molar-refractivity contribution >= 4 is 0 Å². The molecule has 5 nitrogen and oxygen atoms in total. The summed E-state index contributed by atoms with van der Waals surface area (Å²) in [4.78, 5) is 0. The minimum Gasteiger partial charge on any atom is -0.382 e. The molecule has 4 unspecified atom stereocenters. The fourth-order valence-corrected chi connectivity index (χ4v) is 2.46. The largest absolute Gasteiger partial charge is 0.382 e. The molecule has 0 spiro atoms. The van der Waals surface area contributed by atoms with Crippen LogP contribution in [0, 0.1) is 0 Å². The van der Waals surface area contributed by atoms with Crippen LogP contribution in [0.5, 0.6) is 0 Å². The highest BCUT2D eigenvalue weighted by Crippen LogP contribution is 2.26. The molecule has 0 aromatic heterocycles. The van der Waals surface area contributed by atoms with Crippen LogP contribution in [-0.4, -0.2) is 58.6 Å². The molecule has 0 aromatic rings. The number of hydrogen-bond donors (Lipinski definition) is 0. The lowest BCUT2D eigenvalue weighted by Gasteiger charge is -2.40. The van der Waals surface area contributed by atoms with E-state index in [0.717, 1.165) is 38.9 Å². The lowest BCUT2D eigenvalue weighted by molar-refractivity contribution is -0.267. The molecule has 5 heteroatoms. The zero-order valence-electron chi connectivity index (χ0n) is 14.0. The molecule has 1 fully saturated rings. The molecule has 126 valence electrons. The first-order chi connectivity index (χ1) is 10.3. The van der Waals surface area contributed by atoms with Crippen LogP contribution in [0.3, 0.4) is 0 Å². The molecule has 1 rings (SSSR count). The zero-order valence-corrected chi connectivity index (χ0v) is 14.0. The Kier molecular flexibility index (Phi) is 10.2. The Hall–Kier alpha value is -0.200. The Morgan fingerprint density at radius 3 is 2.24 bits per heavy atom. The molecule has 0 N–H and O–H groups in total. The van der Waals surface area contributed by atoms with Crippen LogP contribution in [0.1, 0.15) is 46.0 Å². The second kappa shape index (κ2) is 11.4. The molecular weight excluding hydrogens is 272 g/mol. The monoisotopic (exact) mass is 304 g/mol. The molecule has 1 saturated heterocycles. The van der Waals surface area contributed by atoms with Gasteiger partial charge in [-0.15, -0.1) is 0 Å². The summed E-state index contributed by atoms with van der Waals surface area (Å²) >= 11 is 0. The minimum absolute atomic E-state index is 0.00672. The Bertz CT molecular complexity index is 249. The van der Waals surface area contributed by atoms with Crippen LogP contribution in [0.15, 0.2) is 0 Å². The molecule has 21 heavy (non-hydrogen) atoms. The van der Waals surface area contributed by atoms with Crippen LogP contribution < -0.4 is 0 Å². The van der Waals surface area contributed by atoms with Gasteiger partial charge in [0.25, 0.3) is 0 Å². The molecular formula is C16H32O5. The van der Waals surface area contributed by atoms with Gasteiger partial charge in [-0.05, 0) is 12.8 Å². The summed E-state index contributed by atoms with van der Waals surface area (Å²) in [5.41, 5.74) is 0. The first kappa shape index (κ1) is 18.8. The van der Waals surface area contributed by atoms with E-state index in [2.05, 4.69) is 13.8 Å². The van der Waals surface area contributed by atoms with Gasteiger partial charge in [-0.1, -0.05) is 26.7 Å². The third kappa shape index (κ3) is 6.61. The Morgan fingerprint density at radius 1 is 1.00 bits per heavy atom. The summed E-state index contributed by atoms with van der Waals surface area (Å²) < 4.78 is 28.6. The van der Waals surface area contributed by atoms with Gasteiger partial charge >= 0.3 is 0 Å². The average Bonchev–Trinajstić information content (AvgIpc) is 2.49. The first-order valence-electron chi connectivity index (χ1n) is 8.17. The highest BCUT2D eigenvalue weighted by molar-refractivity contribution is 4.85. The summed E-state index contributed by atoms with van der Waals surface area (Å²) in [6, 6.07) is 0. The Morgan fingerprint density at radius 2 is 1.67 bits per heavy atom. The molecule has 1 aliphatic rings. The van der Waals surface area contributed by atoms with Crippen molar-refractivity contribution in [2.24, 2.45) is 0 Å². The van der Waals surface area contributed by atoms with Gasteiger partial charge in [0.2, 0.25) is 0 Å². The second-order valence-electron chi connectivity index (χ2n) is 5.48. The van der Waals surface area contributed by atoms with Crippen molar-refractivity contribution in [2.75, 3.05) is 34.0 Å². The molecule has 0 aliphatic carbocycles. The summed E-state index contributed by atoms with van der Waals surface area (Å²) in [7, 11) is 3.34. The third-order valence-electron chi connectivity index (χ3n) is 3.72. The predicted molar refractivity (Wildman–Crippen MR) is 81.5 cm³/mol. The van der Waals surface area contributed by atoms with Gasteiger partial charge in [-0.3, -0.25) is 0 Å². The van der Waals surface area contributed by atoms with E-state index in [-0.39, 0.29) is 24.6 Å². The molecule has 0 saturated carbocycles. The number of ether oxygens (including phenoxy) is 5.